The summed E-state index contributed by atoms with van der Waals surface area (Å²) in [6.45, 7) is 7.76. The van der Waals surface area contributed by atoms with Crippen LogP contribution in [-0.2, 0) is 13.5 Å². The summed E-state index contributed by atoms with van der Waals surface area (Å²) in [5, 5.41) is 12.0. The number of rotatable bonds is 7. The minimum atomic E-state index is 0.420. The Morgan fingerprint density at radius 1 is 1.27 bits per heavy atom. The number of hydrogen-bond donors (Lipinski definition) is 1. The van der Waals surface area contributed by atoms with Gasteiger partial charge in [-0.05, 0) is 49.1 Å². The number of allylic oxidation sites excluding steroid dienone is 1. The fourth-order valence-electron chi connectivity index (χ4n) is 4.41. The molecule has 7 heteroatoms. The van der Waals surface area contributed by atoms with Crippen LogP contribution in [0.5, 0.6) is 0 Å². The number of nitrogens with one attached hydrogen (secondary N) is 1. The second-order valence-electron chi connectivity index (χ2n) is 8.61. The molecule has 0 aliphatic heterocycles. The van der Waals surface area contributed by atoms with E-state index in [1.54, 1.807) is 12.5 Å². The van der Waals surface area contributed by atoms with E-state index in [-0.39, 0.29) is 0 Å². The van der Waals surface area contributed by atoms with Gasteiger partial charge in [0, 0.05) is 26.2 Å². The average Bonchev–Trinajstić information content (AvgIpc) is 3.37. The molecule has 3 atom stereocenters. The Bertz CT molecular complexity index is 990. The largest absolute Gasteiger partial charge is 0.419 e. The minimum absolute atomic E-state index is 0.420. The molecule has 0 amide bonds. The fourth-order valence-corrected chi connectivity index (χ4v) is 4.41. The van der Waals surface area contributed by atoms with Crippen LogP contribution in [0.15, 0.2) is 53.0 Å². The molecule has 3 aromatic heterocycles. The molecule has 3 heterocycles. The Labute approximate surface area is 177 Å². The molecule has 7 nitrogen and oxygen atoms in total. The molecule has 1 aliphatic carbocycles. The Hall–Kier alpha value is -2.96. The van der Waals surface area contributed by atoms with Crippen LogP contribution >= 0.6 is 0 Å². The maximum Gasteiger partial charge on any atom is 0.265 e. The van der Waals surface area contributed by atoms with E-state index in [0.29, 0.717) is 35.5 Å². The second-order valence-corrected chi connectivity index (χ2v) is 8.61. The molecule has 0 unspecified atom stereocenters. The Morgan fingerprint density at radius 3 is 2.83 bits per heavy atom. The summed E-state index contributed by atoms with van der Waals surface area (Å²) in [7, 11) is 1.92. The lowest BCUT2D eigenvalue weighted by Gasteiger charge is -2.37. The lowest BCUT2D eigenvalue weighted by atomic mass is 9.70. The highest BCUT2D eigenvalue weighted by Crippen LogP contribution is 2.39. The number of hydrogen-bond acceptors (Lipinski definition) is 6. The molecule has 0 bridgehead atoms. The van der Waals surface area contributed by atoms with Crippen LogP contribution in [0.3, 0.4) is 0 Å². The highest BCUT2D eigenvalue weighted by molar-refractivity contribution is 5.44. The average molecular weight is 407 g/mol. The van der Waals surface area contributed by atoms with Gasteiger partial charge >= 0.3 is 0 Å². The SMILES string of the molecule is CC1=C[C@@H](CNc2ccccn2)[C@H](C(C)C)C[C@H]1Cc1nnc(-c2cncn2C)o1. The van der Waals surface area contributed by atoms with Crippen molar-refractivity contribution in [3.8, 4) is 11.6 Å². The van der Waals surface area contributed by atoms with Crippen molar-refractivity contribution in [3.05, 3.63) is 54.5 Å². The first-order valence-electron chi connectivity index (χ1n) is 10.6. The molecule has 158 valence electrons. The molecule has 0 radical (unpaired) electrons. The summed E-state index contributed by atoms with van der Waals surface area (Å²) < 4.78 is 7.84. The van der Waals surface area contributed by atoms with E-state index in [2.05, 4.69) is 52.3 Å². The first-order chi connectivity index (χ1) is 14.5. The van der Waals surface area contributed by atoms with Crippen molar-refractivity contribution in [2.75, 3.05) is 11.9 Å². The van der Waals surface area contributed by atoms with Gasteiger partial charge in [0.2, 0.25) is 5.89 Å². The quantitative estimate of drug-likeness (QED) is 0.587. The summed E-state index contributed by atoms with van der Waals surface area (Å²) in [5.41, 5.74) is 2.24. The van der Waals surface area contributed by atoms with Crippen molar-refractivity contribution in [1.29, 1.82) is 0 Å². The van der Waals surface area contributed by atoms with Crippen molar-refractivity contribution in [1.82, 2.24) is 24.7 Å². The van der Waals surface area contributed by atoms with Gasteiger partial charge in [0.25, 0.3) is 5.89 Å². The lowest BCUT2D eigenvalue weighted by Crippen LogP contribution is -2.32. The minimum Gasteiger partial charge on any atom is -0.419 e. The molecule has 1 N–H and O–H groups in total. The van der Waals surface area contributed by atoms with Crippen molar-refractivity contribution in [2.24, 2.45) is 30.7 Å². The Morgan fingerprint density at radius 2 is 2.13 bits per heavy atom. The molecule has 0 fully saturated rings. The van der Waals surface area contributed by atoms with Gasteiger partial charge in [-0.1, -0.05) is 31.6 Å². The molecular weight excluding hydrogens is 376 g/mol. The fraction of sp³-hybridized carbons (Fsp3) is 0.478. The summed E-state index contributed by atoms with van der Waals surface area (Å²) in [6, 6.07) is 5.97. The van der Waals surface area contributed by atoms with Crippen molar-refractivity contribution in [3.63, 3.8) is 0 Å². The number of aromatic nitrogens is 5. The molecule has 0 saturated carbocycles. The van der Waals surface area contributed by atoms with Gasteiger partial charge in [-0.2, -0.15) is 0 Å². The molecular formula is C23H30N6O. The standard InChI is InChI=1S/C23H30N6O/c1-15(2)19-10-17(11-22-27-28-23(30-22)20-13-24-14-29(20)4)16(3)9-18(19)12-26-21-7-5-6-8-25-21/h5-9,13-15,17-19H,10-12H2,1-4H3,(H,25,26)/t17-,18-,19-/m0/s1. The summed E-state index contributed by atoms with van der Waals surface area (Å²) in [4.78, 5) is 8.51. The third-order valence-electron chi connectivity index (χ3n) is 6.19. The zero-order chi connectivity index (χ0) is 21.1. The van der Waals surface area contributed by atoms with E-state index < -0.39 is 0 Å². The van der Waals surface area contributed by atoms with E-state index in [1.807, 2.05) is 36.0 Å². The molecule has 30 heavy (non-hydrogen) atoms. The number of aryl methyl sites for hydroxylation is 1. The topological polar surface area (TPSA) is 81.7 Å². The molecule has 4 rings (SSSR count). The van der Waals surface area contributed by atoms with Crippen molar-refractivity contribution < 1.29 is 4.42 Å². The first kappa shape index (κ1) is 20.3. The Kier molecular flexibility index (Phi) is 5.97. The van der Waals surface area contributed by atoms with Crippen molar-refractivity contribution in [2.45, 2.75) is 33.6 Å². The van der Waals surface area contributed by atoms with Gasteiger partial charge in [0.05, 0.1) is 12.5 Å². The molecule has 0 saturated heterocycles. The van der Waals surface area contributed by atoms with E-state index in [0.717, 1.165) is 30.9 Å². The number of pyridine rings is 1. The summed E-state index contributed by atoms with van der Waals surface area (Å²) in [6.07, 6.45) is 9.64. The van der Waals surface area contributed by atoms with E-state index in [1.165, 1.54) is 5.57 Å². The Balaban J connectivity index is 1.46. The number of imidazole rings is 1. The van der Waals surface area contributed by atoms with Crippen LogP contribution in [0.2, 0.25) is 0 Å². The summed E-state index contributed by atoms with van der Waals surface area (Å²) in [5.74, 6) is 4.24. The molecule has 0 spiro atoms. The predicted molar refractivity (Wildman–Crippen MR) is 117 cm³/mol. The zero-order valence-electron chi connectivity index (χ0n) is 18.1. The zero-order valence-corrected chi connectivity index (χ0v) is 18.1. The van der Waals surface area contributed by atoms with Gasteiger partial charge in [-0.15, -0.1) is 10.2 Å². The third-order valence-corrected chi connectivity index (χ3v) is 6.19. The normalized spacial score (nSPS) is 21.6. The number of anilines is 1. The molecule has 1 aliphatic rings. The van der Waals surface area contributed by atoms with Crippen LogP contribution in [0.4, 0.5) is 5.82 Å². The molecule has 0 aromatic carbocycles. The van der Waals surface area contributed by atoms with E-state index in [4.69, 9.17) is 4.42 Å². The smallest absolute Gasteiger partial charge is 0.265 e. The second kappa shape index (κ2) is 8.81. The van der Waals surface area contributed by atoms with E-state index in [9.17, 15) is 0 Å². The maximum atomic E-state index is 5.96. The number of nitrogens with zero attached hydrogens (tertiary/aromatic N) is 5. The highest BCUT2D eigenvalue weighted by atomic mass is 16.4. The first-order valence-corrected chi connectivity index (χ1v) is 10.6. The van der Waals surface area contributed by atoms with Gasteiger partial charge in [-0.25, -0.2) is 9.97 Å². The van der Waals surface area contributed by atoms with Crippen LogP contribution in [0.25, 0.3) is 11.6 Å². The summed E-state index contributed by atoms with van der Waals surface area (Å²) >= 11 is 0. The molecule has 3 aromatic rings. The van der Waals surface area contributed by atoms with Crippen LogP contribution in [0, 0.1) is 23.7 Å². The highest BCUT2D eigenvalue weighted by Gasteiger charge is 2.32. The van der Waals surface area contributed by atoms with Gasteiger partial charge < -0.3 is 14.3 Å². The predicted octanol–water partition coefficient (Wildman–Crippen LogP) is 4.37. The third kappa shape index (κ3) is 4.45. The van der Waals surface area contributed by atoms with Gasteiger partial charge in [0.15, 0.2) is 0 Å². The maximum absolute atomic E-state index is 5.96. The van der Waals surface area contributed by atoms with Gasteiger partial charge in [0.1, 0.15) is 11.5 Å². The van der Waals surface area contributed by atoms with E-state index >= 15 is 0 Å². The van der Waals surface area contributed by atoms with Gasteiger partial charge in [-0.3, -0.25) is 0 Å². The monoisotopic (exact) mass is 406 g/mol. The van der Waals surface area contributed by atoms with Crippen LogP contribution in [0.1, 0.15) is 33.1 Å². The van der Waals surface area contributed by atoms with Crippen LogP contribution in [-0.4, -0.2) is 31.3 Å². The van der Waals surface area contributed by atoms with Crippen LogP contribution < -0.4 is 5.32 Å². The lowest BCUT2D eigenvalue weighted by molar-refractivity contribution is 0.229. The van der Waals surface area contributed by atoms with Crippen molar-refractivity contribution >= 4 is 5.82 Å².